The average molecular weight is 381 g/mol. The van der Waals surface area contributed by atoms with Crippen LogP contribution in [0.3, 0.4) is 0 Å². The van der Waals surface area contributed by atoms with E-state index in [-0.39, 0.29) is 12.3 Å². The van der Waals surface area contributed by atoms with Crippen LogP contribution in [-0.4, -0.2) is 17.9 Å². The van der Waals surface area contributed by atoms with Crippen molar-refractivity contribution in [3.05, 3.63) is 63.6 Å². The summed E-state index contributed by atoms with van der Waals surface area (Å²) in [5, 5.41) is 1.19. The molecule has 2 N–H and O–H groups in total. The van der Waals surface area contributed by atoms with Gasteiger partial charge >= 0.3 is 0 Å². The van der Waals surface area contributed by atoms with Gasteiger partial charge in [0.05, 0.1) is 6.42 Å². The summed E-state index contributed by atoms with van der Waals surface area (Å²) in [5.74, 6) is -0.246. The fraction of sp³-hybridized carbons (Fsp3) is 0.222. The number of hydrogen-bond donors (Lipinski definition) is 2. The van der Waals surface area contributed by atoms with Gasteiger partial charge in [-0.15, -0.1) is 0 Å². The summed E-state index contributed by atoms with van der Waals surface area (Å²) in [5.41, 5.74) is 6.32. The van der Waals surface area contributed by atoms with Gasteiger partial charge in [0.2, 0.25) is 5.91 Å². The second kappa shape index (κ2) is 8.74. The molecular weight excluding hydrogens is 363 g/mol. The van der Waals surface area contributed by atoms with Crippen LogP contribution in [0.2, 0.25) is 10.0 Å². The molecule has 0 aromatic heterocycles. The van der Waals surface area contributed by atoms with Gasteiger partial charge in [0.1, 0.15) is 5.75 Å². The molecule has 0 radical (unpaired) electrons. The van der Waals surface area contributed by atoms with E-state index < -0.39 is 12.0 Å². The summed E-state index contributed by atoms with van der Waals surface area (Å²) in [6.45, 7) is 3.43. The van der Waals surface area contributed by atoms with Crippen molar-refractivity contribution in [3.63, 3.8) is 0 Å². The molecule has 2 aromatic rings. The van der Waals surface area contributed by atoms with E-state index in [1.807, 2.05) is 6.92 Å². The molecule has 0 bridgehead atoms. The Kier molecular flexibility index (Phi) is 6.67. The fourth-order valence-electron chi connectivity index (χ4n) is 2.05. The van der Waals surface area contributed by atoms with Gasteiger partial charge < -0.3 is 4.74 Å². The van der Waals surface area contributed by atoms with Crippen molar-refractivity contribution >= 4 is 35.0 Å². The molecule has 2 amide bonds. The maximum atomic E-state index is 12.0. The Bertz CT molecular complexity index is 763. The Labute approximate surface area is 156 Å². The highest BCUT2D eigenvalue weighted by atomic mass is 35.5. The molecule has 0 saturated carbocycles. The van der Waals surface area contributed by atoms with E-state index in [0.29, 0.717) is 15.8 Å². The molecule has 0 spiro atoms. The highest BCUT2D eigenvalue weighted by molar-refractivity contribution is 6.30. The lowest BCUT2D eigenvalue weighted by Gasteiger charge is -2.16. The number of rotatable bonds is 5. The zero-order valence-corrected chi connectivity index (χ0v) is 15.3. The van der Waals surface area contributed by atoms with Gasteiger partial charge in [0, 0.05) is 10.0 Å². The van der Waals surface area contributed by atoms with Gasteiger partial charge in [-0.3, -0.25) is 20.4 Å². The standard InChI is InChI=1S/C18H18Cl2N2O3/c1-11-9-15(20)7-8-16(11)25-12(2)18(24)22-21-17(23)10-13-3-5-14(19)6-4-13/h3-9,12H,10H2,1-2H3,(H,21,23)(H,22,24). The minimum absolute atomic E-state index is 0.128. The zero-order chi connectivity index (χ0) is 18.4. The molecule has 0 saturated heterocycles. The second-order valence-electron chi connectivity index (χ2n) is 5.51. The smallest absolute Gasteiger partial charge is 0.279 e. The lowest BCUT2D eigenvalue weighted by Crippen LogP contribution is -2.47. The number of carbonyl (C=O) groups excluding carboxylic acids is 2. The van der Waals surface area contributed by atoms with Crippen LogP contribution in [0.5, 0.6) is 5.75 Å². The predicted molar refractivity (Wildman–Crippen MR) is 97.7 cm³/mol. The third-order valence-electron chi connectivity index (χ3n) is 3.41. The molecule has 0 fully saturated rings. The van der Waals surface area contributed by atoms with E-state index >= 15 is 0 Å². The first-order valence-electron chi connectivity index (χ1n) is 7.61. The molecule has 1 atom stereocenters. The molecule has 0 aliphatic carbocycles. The first-order chi connectivity index (χ1) is 11.8. The summed E-state index contributed by atoms with van der Waals surface area (Å²) < 4.78 is 5.59. The summed E-state index contributed by atoms with van der Waals surface area (Å²) in [4.78, 5) is 23.9. The third-order valence-corrected chi connectivity index (χ3v) is 3.90. The summed E-state index contributed by atoms with van der Waals surface area (Å²) in [6.07, 6.45) is -0.654. The number of hydrazine groups is 1. The molecule has 0 aliphatic heterocycles. The van der Waals surface area contributed by atoms with Gasteiger partial charge in [-0.25, -0.2) is 0 Å². The minimum atomic E-state index is -0.782. The molecule has 1 unspecified atom stereocenters. The molecule has 0 heterocycles. The van der Waals surface area contributed by atoms with Crippen LogP contribution in [0.25, 0.3) is 0 Å². The van der Waals surface area contributed by atoms with Crippen molar-refractivity contribution in [1.29, 1.82) is 0 Å². The highest BCUT2D eigenvalue weighted by Gasteiger charge is 2.16. The molecule has 5 nitrogen and oxygen atoms in total. The second-order valence-corrected chi connectivity index (χ2v) is 6.38. The van der Waals surface area contributed by atoms with Crippen LogP contribution in [-0.2, 0) is 16.0 Å². The topological polar surface area (TPSA) is 67.4 Å². The third kappa shape index (κ3) is 5.96. The highest BCUT2D eigenvalue weighted by Crippen LogP contribution is 2.22. The van der Waals surface area contributed by atoms with Gasteiger partial charge in [-0.1, -0.05) is 35.3 Å². The first kappa shape index (κ1) is 19.1. The largest absolute Gasteiger partial charge is 0.481 e. The Balaban J connectivity index is 1.82. The van der Waals surface area contributed by atoms with Crippen LogP contribution in [0.4, 0.5) is 0 Å². The fourth-order valence-corrected chi connectivity index (χ4v) is 2.41. The SMILES string of the molecule is Cc1cc(Cl)ccc1OC(C)C(=O)NNC(=O)Cc1ccc(Cl)cc1. The molecule has 0 aliphatic rings. The van der Waals surface area contributed by atoms with Gasteiger partial charge in [-0.05, 0) is 55.3 Å². The molecule has 7 heteroatoms. The molecule has 2 aromatic carbocycles. The molecular formula is C18H18Cl2N2O3. The first-order valence-corrected chi connectivity index (χ1v) is 8.36. The number of halogens is 2. The summed E-state index contributed by atoms with van der Waals surface area (Å²) in [6, 6.07) is 12.0. The molecule has 2 rings (SSSR count). The Morgan fingerprint density at radius 2 is 1.68 bits per heavy atom. The van der Waals surface area contributed by atoms with E-state index in [0.717, 1.165) is 11.1 Å². The van der Waals surface area contributed by atoms with Crippen LogP contribution in [0, 0.1) is 6.92 Å². The minimum Gasteiger partial charge on any atom is -0.481 e. The van der Waals surface area contributed by atoms with Crippen LogP contribution >= 0.6 is 23.2 Å². The van der Waals surface area contributed by atoms with Crippen molar-refractivity contribution in [2.24, 2.45) is 0 Å². The quantitative estimate of drug-likeness (QED) is 0.780. The molecule has 132 valence electrons. The van der Waals surface area contributed by atoms with Crippen LogP contribution < -0.4 is 15.6 Å². The van der Waals surface area contributed by atoms with E-state index in [1.54, 1.807) is 49.4 Å². The maximum Gasteiger partial charge on any atom is 0.279 e. The van der Waals surface area contributed by atoms with Gasteiger partial charge in [0.15, 0.2) is 6.10 Å². The van der Waals surface area contributed by atoms with Crippen LogP contribution in [0.15, 0.2) is 42.5 Å². The summed E-state index contributed by atoms with van der Waals surface area (Å²) in [7, 11) is 0. The Morgan fingerprint density at radius 3 is 2.32 bits per heavy atom. The number of hydrogen-bond acceptors (Lipinski definition) is 3. The zero-order valence-electron chi connectivity index (χ0n) is 13.8. The average Bonchev–Trinajstić information content (AvgIpc) is 2.57. The van der Waals surface area contributed by atoms with Crippen molar-refractivity contribution in [2.45, 2.75) is 26.4 Å². The monoisotopic (exact) mass is 380 g/mol. The number of benzene rings is 2. The van der Waals surface area contributed by atoms with E-state index in [1.165, 1.54) is 0 Å². The van der Waals surface area contributed by atoms with Crippen molar-refractivity contribution in [2.75, 3.05) is 0 Å². The molecule has 25 heavy (non-hydrogen) atoms. The van der Waals surface area contributed by atoms with E-state index in [2.05, 4.69) is 10.9 Å². The lowest BCUT2D eigenvalue weighted by atomic mass is 10.1. The van der Waals surface area contributed by atoms with Crippen molar-refractivity contribution in [3.8, 4) is 5.75 Å². The number of ether oxygens (including phenoxy) is 1. The van der Waals surface area contributed by atoms with E-state index in [4.69, 9.17) is 27.9 Å². The van der Waals surface area contributed by atoms with Gasteiger partial charge in [-0.2, -0.15) is 0 Å². The van der Waals surface area contributed by atoms with Crippen molar-refractivity contribution in [1.82, 2.24) is 10.9 Å². The maximum absolute atomic E-state index is 12.0. The number of nitrogens with one attached hydrogen (secondary N) is 2. The number of carbonyl (C=O) groups is 2. The van der Waals surface area contributed by atoms with Crippen LogP contribution in [0.1, 0.15) is 18.1 Å². The van der Waals surface area contributed by atoms with E-state index in [9.17, 15) is 9.59 Å². The lowest BCUT2D eigenvalue weighted by molar-refractivity contribution is -0.132. The Hall–Kier alpha value is -2.24. The van der Waals surface area contributed by atoms with Crippen molar-refractivity contribution < 1.29 is 14.3 Å². The normalized spacial score (nSPS) is 11.5. The number of aryl methyl sites for hydroxylation is 1. The summed E-state index contributed by atoms with van der Waals surface area (Å²) >= 11 is 11.7. The predicted octanol–water partition coefficient (Wildman–Crippen LogP) is 3.46. The Morgan fingerprint density at radius 1 is 1.04 bits per heavy atom. The van der Waals surface area contributed by atoms with Gasteiger partial charge in [0.25, 0.3) is 5.91 Å². The number of amides is 2.